The summed E-state index contributed by atoms with van der Waals surface area (Å²) in [7, 11) is 0. The van der Waals surface area contributed by atoms with Crippen molar-refractivity contribution in [1.29, 1.82) is 0 Å². The second-order valence-corrected chi connectivity index (χ2v) is 12.2. The number of aromatic carboxylic acids is 1. The van der Waals surface area contributed by atoms with E-state index < -0.39 is 59.4 Å². The van der Waals surface area contributed by atoms with E-state index in [9.17, 15) is 45.4 Å². The average molecular weight is 704 g/mol. The number of hydrogen-bond acceptors (Lipinski definition) is 7. The summed E-state index contributed by atoms with van der Waals surface area (Å²) in [6, 6.07) is 6.42. The molecule has 2 fully saturated rings. The Hall–Kier alpha value is -5.28. The number of carboxylic acid groups (broad SMARTS) is 1. The van der Waals surface area contributed by atoms with Crippen molar-refractivity contribution in [1.82, 2.24) is 19.9 Å². The molecule has 2 aliphatic heterocycles. The zero-order valence-electron chi connectivity index (χ0n) is 26.6. The highest BCUT2D eigenvalue weighted by atomic mass is 19.4. The topological polar surface area (TPSA) is 109 Å². The number of carbonyl (C=O) groups excluding carboxylic acids is 1. The third kappa shape index (κ3) is 6.65. The van der Waals surface area contributed by atoms with E-state index in [4.69, 9.17) is 4.74 Å². The number of nitrogens with zero attached hydrogens (tertiary/aromatic N) is 5. The van der Waals surface area contributed by atoms with Crippen molar-refractivity contribution < 1.29 is 50.2 Å². The molecule has 262 valence electrons. The number of anilines is 1. The van der Waals surface area contributed by atoms with E-state index in [1.165, 1.54) is 25.3 Å². The second-order valence-electron chi connectivity index (χ2n) is 12.2. The lowest BCUT2D eigenvalue weighted by Gasteiger charge is -2.34. The number of aromatic nitrogens is 3. The van der Waals surface area contributed by atoms with Crippen LogP contribution in [0.3, 0.4) is 0 Å². The zero-order valence-corrected chi connectivity index (χ0v) is 26.6. The van der Waals surface area contributed by atoms with Gasteiger partial charge in [0.25, 0.3) is 0 Å². The smallest absolute Gasteiger partial charge is 0.416 e. The Morgan fingerprint density at radius 2 is 1.58 bits per heavy atom. The van der Waals surface area contributed by atoms with E-state index in [0.717, 1.165) is 4.90 Å². The summed E-state index contributed by atoms with van der Waals surface area (Å²) in [5, 5.41) is 9.37. The van der Waals surface area contributed by atoms with Crippen LogP contribution in [0.2, 0.25) is 0 Å². The van der Waals surface area contributed by atoms with E-state index in [0.29, 0.717) is 45.6 Å². The van der Waals surface area contributed by atoms with Crippen LogP contribution in [0.25, 0.3) is 22.3 Å². The van der Waals surface area contributed by atoms with Crippen molar-refractivity contribution in [3.05, 3.63) is 94.1 Å². The van der Waals surface area contributed by atoms with Crippen LogP contribution in [0.4, 0.5) is 41.5 Å². The fourth-order valence-corrected chi connectivity index (χ4v) is 6.03. The maximum Gasteiger partial charge on any atom is 0.416 e. The minimum Gasteiger partial charge on any atom is -0.478 e. The van der Waals surface area contributed by atoms with E-state index in [2.05, 4.69) is 15.0 Å². The molecule has 1 amide bonds. The van der Waals surface area contributed by atoms with Crippen molar-refractivity contribution in [2.24, 2.45) is 0 Å². The number of alkyl halides is 7. The maximum absolute atomic E-state index is 13.7. The molecule has 4 aromatic rings. The third-order valence-corrected chi connectivity index (χ3v) is 8.79. The SMILES string of the molecule is Cc1cc(C(=O)O)ccc1-c1cnc(C)c(-c2cnc(N3CC(F)C3)nc2CN2C(=O)OC(c3cc(C(F)(F)F)cc(C(F)(F)F)c3)C2C)c1. The van der Waals surface area contributed by atoms with Crippen molar-refractivity contribution in [3.63, 3.8) is 0 Å². The number of pyridine rings is 1. The van der Waals surface area contributed by atoms with Gasteiger partial charge in [-0.1, -0.05) is 6.07 Å². The Bertz CT molecular complexity index is 1960. The molecule has 2 unspecified atom stereocenters. The summed E-state index contributed by atoms with van der Waals surface area (Å²) in [5.74, 6) is -0.930. The summed E-state index contributed by atoms with van der Waals surface area (Å²) in [4.78, 5) is 41.0. The van der Waals surface area contributed by atoms with Crippen LogP contribution in [0, 0.1) is 13.8 Å². The van der Waals surface area contributed by atoms with E-state index in [-0.39, 0.29) is 42.9 Å². The number of rotatable bonds is 7. The molecule has 2 aromatic carbocycles. The van der Waals surface area contributed by atoms with Crippen molar-refractivity contribution in [2.75, 3.05) is 18.0 Å². The van der Waals surface area contributed by atoms with Crippen molar-refractivity contribution >= 4 is 18.0 Å². The highest BCUT2D eigenvalue weighted by Gasteiger charge is 2.44. The fourth-order valence-electron chi connectivity index (χ4n) is 6.03. The largest absolute Gasteiger partial charge is 0.478 e. The van der Waals surface area contributed by atoms with Crippen molar-refractivity contribution in [3.8, 4) is 22.3 Å². The molecule has 2 saturated heterocycles. The van der Waals surface area contributed by atoms with E-state index in [1.54, 1.807) is 37.1 Å². The second kappa shape index (κ2) is 12.6. The molecule has 6 rings (SSSR count). The maximum atomic E-state index is 13.7. The molecule has 2 aromatic heterocycles. The third-order valence-electron chi connectivity index (χ3n) is 8.79. The first kappa shape index (κ1) is 34.6. The molecule has 0 bridgehead atoms. The van der Waals surface area contributed by atoms with Gasteiger partial charge in [0.15, 0.2) is 0 Å². The predicted octanol–water partition coefficient (Wildman–Crippen LogP) is 7.80. The number of ether oxygens (including phenoxy) is 1. The van der Waals surface area contributed by atoms with Gasteiger partial charge in [-0.05, 0) is 73.9 Å². The number of halogens is 7. The molecule has 0 spiro atoms. The zero-order chi connectivity index (χ0) is 36.3. The number of cyclic esters (lactones) is 1. The number of amides is 1. The Morgan fingerprint density at radius 3 is 2.16 bits per heavy atom. The molecule has 0 aliphatic carbocycles. The van der Waals surface area contributed by atoms with Gasteiger partial charge < -0.3 is 14.7 Å². The first-order chi connectivity index (χ1) is 23.4. The Kier molecular flexibility index (Phi) is 8.68. The minimum atomic E-state index is -5.10. The van der Waals surface area contributed by atoms with Gasteiger partial charge in [0.1, 0.15) is 12.3 Å². The summed E-state index contributed by atoms with van der Waals surface area (Å²) in [6.07, 6.45) is -10.7. The van der Waals surface area contributed by atoms with Gasteiger partial charge in [0.05, 0.1) is 48.1 Å². The lowest BCUT2D eigenvalue weighted by molar-refractivity contribution is -0.143. The first-order valence-electron chi connectivity index (χ1n) is 15.2. The first-order valence-corrected chi connectivity index (χ1v) is 15.2. The Labute approximate surface area is 280 Å². The van der Waals surface area contributed by atoms with Crippen LogP contribution in [0.1, 0.15) is 57.0 Å². The van der Waals surface area contributed by atoms with Gasteiger partial charge >= 0.3 is 24.4 Å². The van der Waals surface area contributed by atoms with Crippen molar-refractivity contribution in [2.45, 2.75) is 58.0 Å². The minimum absolute atomic E-state index is 0.00164. The van der Waals surface area contributed by atoms with Gasteiger partial charge in [-0.2, -0.15) is 26.3 Å². The van der Waals surface area contributed by atoms with Gasteiger partial charge in [-0.25, -0.2) is 23.9 Å². The lowest BCUT2D eigenvalue weighted by Crippen LogP contribution is -2.49. The fraction of sp³-hybridized carbons (Fsp3) is 0.324. The standard InChI is InChI=1S/C34H28F7N5O4/c1-16-6-19(30(47)48)4-5-25(16)21-9-26(17(2)42-11-21)27-12-43-31(45-13-24(35)14-45)44-28(27)15-46-18(3)29(50-32(46)49)20-7-22(33(36,37)38)10-23(8-20)34(39,40)41/h4-12,18,24,29H,13-15H2,1-3H3,(H,47,48). The Balaban J connectivity index is 1.39. The molecule has 4 heterocycles. The normalized spacial score (nSPS) is 18.3. The monoisotopic (exact) mass is 703 g/mol. The molecule has 0 radical (unpaired) electrons. The summed E-state index contributed by atoms with van der Waals surface area (Å²) >= 11 is 0. The van der Waals surface area contributed by atoms with Crippen LogP contribution in [0.15, 0.2) is 54.9 Å². The van der Waals surface area contributed by atoms with Crippen LogP contribution < -0.4 is 4.90 Å². The van der Waals surface area contributed by atoms with Crippen LogP contribution in [0.5, 0.6) is 0 Å². The van der Waals surface area contributed by atoms with Crippen LogP contribution in [-0.4, -0.2) is 62.3 Å². The number of benzene rings is 2. The molecular weight excluding hydrogens is 675 g/mol. The summed E-state index contributed by atoms with van der Waals surface area (Å²) in [5.41, 5.74) is 0.213. The summed E-state index contributed by atoms with van der Waals surface area (Å²) < 4.78 is 101. The molecule has 16 heteroatoms. The van der Waals surface area contributed by atoms with Crippen LogP contribution in [-0.2, 0) is 23.6 Å². The van der Waals surface area contributed by atoms with E-state index >= 15 is 0 Å². The molecule has 0 saturated carbocycles. The van der Waals surface area contributed by atoms with Gasteiger partial charge in [-0.3, -0.25) is 9.88 Å². The van der Waals surface area contributed by atoms with Gasteiger partial charge in [-0.15, -0.1) is 0 Å². The molecular formula is C34H28F7N5O4. The highest BCUT2D eigenvalue weighted by Crippen LogP contribution is 2.42. The number of carbonyl (C=O) groups is 2. The molecule has 1 N–H and O–H groups in total. The molecule has 9 nitrogen and oxygen atoms in total. The van der Waals surface area contributed by atoms with Gasteiger partial charge in [0.2, 0.25) is 5.95 Å². The lowest BCUT2D eigenvalue weighted by atomic mass is 9.95. The molecule has 50 heavy (non-hydrogen) atoms. The van der Waals surface area contributed by atoms with E-state index in [1.807, 2.05) is 0 Å². The number of carboxylic acids is 1. The Morgan fingerprint density at radius 1 is 0.920 bits per heavy atom. The highest BCUT2D eigenvalue weighted by molar-refractivity contribution is 5.89. The quantitative estimate of drug-likeness (QED) is 0.194. The molecule has 2 aliphatic rings. The van der Waals surface area contributed by atoms with Gasteiger partial charge in [0, 0.05) is 34.8 Å². The molecule has 2 atom stereocenters. The number of hydrogen-bond donors (Lipinski definition) is 1. The average Bonchev–Trinajstić information content (AvgIpc) is 3.31. The van der Waals surface area contributed by atoms with Crippen LogP contribution >= 0.6 is 0 Å². The number of aryl methyl sites for hydroxylation is 2. The summed E-state index contributed by atoms with van der Waals surface area (Å²) in [6.45, 7) is 4.66. The predicted molar refractivity (Wildman–Crippen MR) is 165 cm³/mol.